The lowest BCUT2D eigenvalue weighted by atomic mass is 9.87. The minimum absolute atomic E-state index is 0.0527. The first-order chi connectivity index (χ1) is 13.0. The fourth-order valence-electron chi connectivity index (χ4n) is 2.59. The summed E-state index contributed by atoms with van der Waals surface area (Å²) in [7, 11) is 3.84. The van der Waals surface area contributed by atoms with Gasteiger partial charge in [0.25, 0.3) is 5.56 Å². The molecule has 6 heteroatoms. The van der Waals surface area contributed by atoms with Crippen LogP contribution in [0.2, 0.25) is 0 Å². The third-order valence-electron chi connectivity index (χ3n) is 4.29. The van der Waals surface area contributed by atoms with Crippen molar-refractivity contribution in [3.05, 3.63) is 54.9 Å². The summed E-state index contributed by atoms with van der Waals surface area (Å²) in [6.45, 7) is 8.40. The molecule has 0 aliphatic rings. The van der Waals surface area contributed by atoms with Crippen molar-refractivity contribution in [1.82, 2.24) is 9.47 Å². The molecule has 2 aromatic rings. The van der Waals surface area contributed by atoms with Crippen molar-refractivity contribution in [2.24, 2.45) is 5.41 Å². The lowest BCUT2D eigenvalue weighted by Gasteiger charge is -2.15. The number of aryl methyl sites for hydroxylation is 1. The molecule has 0 aliphatic carbocycles. The fourth-order valence-corrected chi connectivity index (χ4v) is 3.72. The molecule has 0 spiro atoms. The zero-order chi connectivity index (χ0) is 21.1. The van der Waals surface area contributed by atoms with E-state index >= 15 is 0 Å². The van der Waals surface area contributed by atoms with E-state index in [1.54, 1.807) is 25.3 Å². The van der Waals surface area contributed by atoms with Gasteiger partial charge in [0.1, 0.15) is 16.3 Å². The second kappa shape index (κ2) is 8.68. The molecule has 0 amide bonds. The Kier molecular flexibility index (Phi) is 6.76. The molecule has 1 heterocycles. The Morgan fingerprint density at radius 2 is 1.86 bits per heavy atom. The monoisotopic (exact) mass is 397 g/mol. The number of carbonyl (C=O) groups is 1. The van der Waals surface area contributed by atoms with Gasteiger partial charge in [-0.3, -0.25) is 14.2 Å². The number of carbonyl (C=O) groups excluding carboxylic acids is 1. The average Bonchev–Trinajstić information content (AvgIpc) is 2.90. The van der Waals surface area contributed by atoms with Crippen LogP contribution in [0.4, 0.5) is 0 Å². The SMILES string of the molecule is Cc1ccc(/C=c2\s/c(=C(/C#N)C(=O)C(C)(C)C)n(CCN(C)C)c2=O)cc1. The van der Waals surface area contributed by atoms with E-state index in [4.69, 9.17) is 0 Å². The first-order valence-corrected chi connectivity index (χ1v) is 9.98. The second-order valence-corrected chi connectivity index (χ2v) is 9.18. The maximum atomic E-state index is 13.1. The van der Waals surface area contributed by atoms with Gasteiger partial charge >= 0.3 is 0 Å². The van der Waals surface area contributed by atoms with E-state index in [-0.39, 0.29) is 16.9 Å². The standard InChI is InChI=1S/C22H27N3O2S/c1-15-7-9-16(10-8-15)13-18-20(27)25(12-11-24(5)6)21(28-18)17(14-23)19(26)22(2,3)4/h7-10,13H,11-12H2,1-6H3/b18-13-,21-17-. The predicted molar refractivity (Wildman–Crippen MR) is 115 cm³/mol. The molecule has 0 atom stereocenters. The summed E-state index contributed by atoms with van der Waals surface area (Å²) in [5, 5.41) is 9.70. The molecule has 0 unspecified atom stereocenters. The highest BCUT2D eigenvalue weighted by Gasteiger charge is 2.27. The fraction of sp³-hybridized carbons (Fsp3) is 0.409. The summed E-state index contributed by atoms with van der Waals surface area (Å²) < 4.78 is 2.52. The molecule has 148 valence electrons. The van der Waals surface area contributed by atoms with Gasteiger partial charge in [-0.1, -0.05) is 50.6 Å². The Bertz CT molecular complexity index is 1080. The largest absolute Gasteiger partial charge is 0.308 e. The quantitative estimate of drug-likeness (QED) is 0.773. The molecule has 0 N–H and O–H groups in total. The number of nitriles is 1. The molecule has 0 bridgehead atoms. The van der Waals surface area contributed by atoms with Crippen molar-refractivity contribution in [1.29, 1.82) is 5.26 Å². The van der Waals surface area contributed by atoms with Gasteiger partial charge in [-0.15, -0.1) is 11.3 Å². The number of benzene rings is 1. The Morgan fingerprint density at radius 3 is 2.36 bits per heavy atom. The van der Waals surface area contributed by atoms with Gasteiger partial charge in [-0.25, -0.2) is 0 Å². The molecule has 1 aromatic heterocycles. The average molecular weight is 398 g/mol. The number of aromatic nitrogens is 1. The third kappa shape index (κ3) is 5.06. The molecule has 5 nitrogen and oxygen atoms in total. The molecular weight excluding hydrogens is 370 g/mol. The first kappa shape index (κ1) is 21.8. The number of thiazole rings is 1. The van der Waals surface area contributed by atoms with Crippen LogP contribution in [-0.2, 0) is 11.3 Å². The van der Waals surface area contributed by atoms with E-state index in [0.29, 0.717) is 22.3 Å². The molecule has 0 aliphatic heterocycles. The Balaban J connectivity index is 2.79. The van der Waals surface area contributed by atoms with E-state index in [0.717, 1.165) is 11.1 Å². The summed E-state index contributed by atoms with van der Waals surface area (Å²) in [6.07, 6.45) is 1.82. The highest BCUT2D eigenvalue weighted by molar-refractivity contribution is 7.07. The summed E-state index contributed by atoms with van der Waals surface area (Å²) in [4.78, 5) is 27.8. The summed E-state index contributed by atoms with van der Waals surface area (Å²) in [5.74, 6) is -0.253. The van der Waals surface area contributed by atoms with Crippen LogP contribution < -0.4 is 14.8 Å². The van der Waals surface area contributed by atoms with E-state index < -0.39 is 5.41 Å². The van der Waals surface area contributed by atoms with Gasteiger partial charge in [-0.2, -0.15) is 5.26 Å². The minimum atomic E-state index is -0.696. The van der Waals surface area contributed by atoms with Crippen LogP contribution in [0.5, 0.6) is 0 Å². The highest BCUT2D eigenvalue weighted by atomic mass is 32.1. The van der Waals surface area contributed by atoms with Crippen LogP contribution in [0.1, 0.15) is 31.9 Å². The summed E-state index contributed by atoms with van der Waals surface area (Å²) >= 11 is 1.21. The molecule has 0 saturated carbocycles. The molecule has 1 aromatic carbocycles. The van der Waals surface area contributed by atoms with E-state index in [9.17, 15) is 14.9 Å². The van der Waals surface area contributed by atoms with Crippen LogP contribution >= 0.6 is 11.3 Å². The number of hydrogen-bond donors (Lipinski definition) is 0. The van der Waals surface area contributed by atoms with E-state index in [1.165, 1.54) is 11.3 Å². The number of rotatable bonds is 5. The van der Waals surface area contributed by atoms with Crippen LogP contribution in [0, 0.1) is 23.7 Å². The maximum Gasteiger partial charge on any atom is 0.269 e. The van der Waals surface area contributed by atoms with Gasteiger partial charge in [0, 0.05) is 18.5 Å². The minimum Gasteiger partial charge on any atom is -0.308 e. The van der Waals surface area contributed by atoms with Gasteiger partial charge in [-0.05, 0) is 32.7 Å². The predicted octanol–water partition coefficient (Wildman–Crippen LogP) is 1.90. The van der Waals surface area contributed by atoms with Crippen LogP contribution in [0.3, 0.4) is 0 Å². The zero-order valence-corrected chi connectivity index (χ0v) is 18.2. The number of ketones is 1. The van der Waals surface area contributed by atoms with E-state index in [2.05, 4.69) is 6.07 Å². The maximum absolute atomic E-state index is 13.1. The van der Waals surface area contributed by atoms with Gasteiger partial charge < -0.3 is 4.90 Å². The number of nitrogens with zero attached hydrogens (tertiary/aromatic N) is 3. The Labute approximate surface area is 169 Å². The van der Waals surface area contributed by atoms with Crippen molar-refractivity contribution in [2.45, 2.75) is 34.2 Å². The Hall–Kier alpha value is -2.49. The van der Waals surface area contributed by atoms with Crippen LogP contribution in [0.15, 0.2) is 29.1 Å². The van der Waals surface area contributed by atoms with Crippen LogP contribution in [0.25, 0.3) is 11.6 Å². The number of likely N-dealkylation sites (N-methyl/N-ethyl adjacent to an activating group) is 1. The highest BCUT2D eigenvalue weighted by Crippen LogP contribution is 2.19. The smallest absolute Gasteiger partial charge is 0.269 e. The zero-order valence-electron chi connectivity index (χ0n) is 17.4. The van der Waals surface area contributed by atoms with Crippen molar-refractivity contribution in [2.75, 3.05) is 20.6 Å². The molecule has 2 rings (SSSR count). The molecule has 0 fully saturated rings. The van der Waals surface area contributed by atoms with Crippen molar-refractivity contribution in [3.8, 4) is 6.07 Å². The van der Waals surface area contributed by atoms with Crippen molar-refractivity contribution < 1.29 is 4.79 Å². The normalized spacial score (nSPS) is 13.6. The molecular formula is C22H27N3O2S. The van der Waals surface area contributed by atoms with Crippen LogP contribution in [-0.4, -0.2) is 35.9 Å². The lowest BCUT2D eigenvalue weighted by Crippen LogP contribution is -2.37. The lowest BCUT2D eigenvalue weighted by molar-refractivity contribution is -0.120. The van der Waals surface area contributed by atoms with E-state index in [1.807, 2.05) is 56.3 Å². The topological polar surface area (TPSA) is 66.1 Å². The first-order valence-electron chi connectivity index (χ1n) is 9.16. The third-order valence-corrected chi connectivity index (χ3v) is 5.42. The van der Waals surface area contributed by atoms with Crippen molar-refractivity contribution >= 4 is 28.8 Å². The molecule has 0 saturated heterocycles. The summed E-state index contributed by atoms with van der Waals surface area (Å²) in [6, 6.07) is 9.93. The van der Waals surface area contributed by atoms with Gasteiger partial charge in [0.05, 0.1) is 4.53 Å². The summed E-state index contributed by atoms with van der Waals surface area (Å²) in [5.41, 5.74) is 1.24. The molecule has 28 heavy (non-hydrogen) atoms. The molecule has 0 radical (unpaired) electrons. The number of hydrogen-bond acceptors (Lipinski definition) is 5. The Morgan fingerprint density at radius 1 is 1.25 bits per heavy atom. The second-order valence-electron chi connectivity index (χ2n) is 8.15. The van der Waals surface area contributed by atoms with Gasteiger partial charge in [0.2, 0.25) is 0 Å². The van der Waals surface area contributed by atoms with Crippen molar-refractivity contribution in [3.63, 3.8) is 0 Å². The number of Topliss-reactive ketones (excluding diaryl/α,β-unsaturated/α-hetero) is 1. The van der Waals surface area contributed by atoms with Gasteiger partial charge in [0.15, 0.2) is 5.78 Å².